The Morgan fingerprint density at radius 1 is 0.897 bits per heavy atom. The van der Waals surface area contributed by atoms with Gasteiger partial charge in [0, 0.05) is 11.8 Å². The molecular formula is C24H29N3O2. The normalized spacial score (nSPS) is 29.9. The molecule has 2 aromatic rings. The van der Waals surface area contributed by atoms with Gasteiger partial charge in [-0.3, -0.25) is 0 Å². The van der Waals surface area contributed by atoms with Crippen molar-refractivity contribution >= 4 is 0 Å². The van der Waals surface area contributed by atoms with Crippen LogP contribution in [0.15, 0.2) is 63.7 Å². The van der Waals surface area contributed by atoms with Gasteiger partial charge in [-0.05, 0) is 28.5 Å². The molecule has 4 atom stereocenters. The number of para-hydroxylation sites is 1. The summed E-state index contributed by atoms with van der Waals surface area (Å²) in [4.78, 5) is 27.5. The topological polar surface area (TPSA) is 48.9 Å². The first-order valence-corrected chi connectivity index (χ1v) is 10.4. The minimum Gasteiger partial charge on any atom is -0.245 e. The Labute approximate surface area is 171 Å². The minimum absolute atomic E-state index is 0.0921. The van der Waals surface area contributed by atoms with E-state index in [1.807, 2.05) is 30.3 Å². The maximum Gasteiger partial charge on any atom is 0.352 e. The lowest BCUT2D eigenvalue weighted by Gasteiger charge is -2.63. The molecule has 1 aromatic carbocycles. The van der Waals surface area contributed by atoms with Gasteiger partial charge in [-0.15, -0.1) is 0 Å². The Balaban J connectivity index is 1.92. The number of hydrogen-bond donors (Lipinski definition) is 0. The Morgan fingerprint density at radius 3 is 2.07 bits per heavy atom. The lowest BCUT2D eigenvalue weighted by atomic mass is 9.50. The Kier molecular flexibility index (Phi) is 3.39. The van der Waals surface area contributed by atoms with Crippen molar-refractivity contribution in [1.82, 2.24) is 13.9 Å². The molecule has 0 unspecified atom stereocenters. The van der Waals surface area contributed by atoms with Crippen LogP contribution in [0.5, 0.6) is 0 Å². The first kappa shape index (κ1) is 18.5. The fraction of sp³-hybridized carbons (Fsp3) is 0.500. The second-order valence-corrected chi connectivity index (χ2v) is 10.8. The van der Waals surface area contributed by atoms with Crippen molar-refractivity contribution in [1.29, 1.82) is 0 Å². The van der Waals surface area contributed by atoms with Crippen molar-refractivity contribution in [3.63, 3.8) is 0 Å². The molecule has 152 valence electrons. The summed E-state index contributed by atoms with van der Waals surface area (Å²) < 4.78 is 4.90. The smallest absolute Gasteiger partial charge is 0.245 e. The van der Waals surface area contributed by atoms with E-state index >= 15 is 0 Å². The van der Waals surface area contributed by atoms with Gasteiger partial charge in [0.25, 0.3) is 0 Å². The Morgan fingerprint density at radius 2 is 1.55 bits per heavy atom. The van der Waals surface area contributed by atoms with E-state index in [-0.39, 0.29) is 40.1 Å². The molecule has 5 nitrogen and oxygen atoms in total. The van der Waals surface area contributed by atoms with E-state index in [9.17, 15) is 9.59 Å². The molecule has 2 bridgehead atoms. The number of rotatable bonds is 1. The van der Waals surface area contributed by atoms with Crippen LogP contribution in [0.2, 0.25) is 0 Å². The molecule has 0 amide bonds. The zero-order valence-electron chi connectivity index (χ0n) is 18.0. The highest BCUT2D eigenvalue weighted by Gasteiger charge is 2.64. The van der Waals surface area contributed by atoms with Crippen LogP contribution in [0.3, 0.4) is 0 Å². The average Bonchev–Trinajstić information content (AvgIpc) is 2.86. The standard InChI is InChI=1S/C24H29N3O2/c1-22(2,3)18-14-24(23(4,5)6)17-13-12-16(17)19(18)26-20(28)25(21(29)27(24)26)15-10-8-7-9-11-15/h7-14,16-17,19H,1-6H3/t16-,17+,19-,24+/m0/s1. The molecule has 2 aliphatic carbocycles. The second kappa shape index (κ2) is 5.32. The molecule has 29 heavy (non-hydrogen) atoms. The van der Waals surface area contributed by atoms with Crippen LogP contribution in [0.25, 0.3) is 5.69 Å². The first-order chi connectivity index (χ1) is 13.5. The van der Waals surface area contributed by atoms with E-state index in [0.29, 0.717) is 5.69 Å². The molecule has 2 aliphatic heterocycles. The van der Waals surface area contributed by atoms with Crippen molar-refractivity contribution < 1.29 is 0 Å². The van der Waals surface area contributed by atoms with Crippen molar-refractivity contribution in [2.75, 3.05) is 0 Å². The fourth-order valence-corrected chi connectivity index (χ4v) is 5.74. The van der Waals surface area contributed by atoms with Gasteiger partial charge in [0.2, 0.25) is 0 Å². The molecule has 3 heterocycles. The van der Waals surface area contributed by atoms with Crippen LogP contribution < -0.4 is 11.4 Å². The van der Waals surface area contributed by atoms with Crippen LogP contribution in [0.1, 0.15) is 47.6 Å². The van der Waals surface area contributed by atoms with E-state index in [0.717, 1.165) is 0 Å². The number of hydrogen-bond acceptors (Lipinski definition) is 2. The van der Waals surface area contributed by atoms with Gasteiger partial charge in [-0.25, -0.2) is 23.5 Å². The van der Waals surface area contributed by atoms with Crippen LogP contribution in [0, 0.1) is 22.7 Å². The first-order valence-electron chi connectivity index (χ1n) is 10.4. The Hall–Kier alpha value is -2.56. The lowest BCUT2D eigenvalue weighted by molar-refractivity contribution is -0.0372. The molecule has 0 fully saturated rings. The maximum absolute atomic E-state index is 13.8. The van der Waals surface area contributed by atoms with Crippen LogP contribution in [-0.2, 0) is 5.54 Å². The maximum atomic E-state index is 13.8. The average molecular weight is 392 g/mol. The van der Waals surface area contributed by atoms with E-state index in [1.165, 1.54) is 10.1 Å². The molecule has 0 saturated carbocycles. The number of nitrogens with zero attached hydrogens (tertiary/aromatic N) is 3. The van der Waals surface area contributed by atoms with Gasteiger partial charge < -0.3 is 0 Å². The predicted octanol–water partition coefficient (Wildman–Crippen LogP) is 3.89. The van der Waals surface area contributed by atoms with Crippen LogP contribution in [0.4, 0.5) is 0 Å². The van der Waals surface area contributed by atoms with E-state index in [1.54, 1.807) is 9.36 Å². The third kappa shape index (κ3) is 2.06. The molecule has 0 N–H and O–H groups in total. The van der Waals surface area contributed by atoms with Crippen LogP contribution in [-0.4, -0.2) is 13.9 Å². The van der Waals surface area contributed by atoms with E-state index in [4.69, 9.17) is 0 Å². The van der Waals surface area contributed by atoms with Gasteiger partial charge >= 0.3 is 11.4 Å². The molecule has 1 aromatic heterocycles. The molecule has 5 heteroatoms. The summed E-state index contributed by atoms with van der Waals surface area (Å²) in [6, 6.07) is 9.16. The summed E-state index contributed by atoms with van der Waals surface area (Å²) >= 11 is 0. The zero-order valence-corrected chi connectivity index (χ0v) is 18.0. The summed E-state index contributed by atoms with van der Waals surface area (Å²) in [6.07, 6.45) is 6.80. The highest BCUT2D eigenvalue weighted by atomic mass is 16.2. The van der Waals surface area contributed by atoms with E-state index in [2.05, 4.69) is 59.8 Å². The summed E-state index contributed by atoms with van der Waals surface area (Å²) in [7, 11) is 0. The molecule has 0 spiro atoms. The fourth-order valence-electron chi connectivity index (χ4n) is 5.74. The van der Waals surface area contributed by atoms with Crippen molar-refractivity contribution in [2.45, 2.75) is 53.1 Å². The van der Waals surface area contributed by atoms with Crippen molar-refractivity contribution in [3.05, 3.63) is 75.1 Å². The monoisotopic (exact) mass is 391 g/mol. The quantitative estimate of drug-likeness (QED) is 0.693. The van der Waals surface area contributed by atoms with Gasteiger partial charge in [0.15, 0.2) is 0 Å². The Bertz CT molecular complexity index is 1180. The van der Waals surface area contributed by atoms with Gasteiger partial charge in [-0.2, -0.15) is 0 Å². The number of aromatic nitrogens is 3. The number of benzene rings is 1. The summed E-state index contributed by atoms with van der Waals surface area (Å²) in [5.74, 6) is 0.472. The molecule has 0 saturated heterocycles. The van der Waals surface area contributed by atoms with Crippen molar-refractivity contribution in [3.8, 4) is 5.69 Å². The van der Waals surface area contributed by atoms with Gasteiger partial charge in [0.1, 0.15) is 0 Å². The molecule has 0 radical (unpaired) electrons. The summed E-state index contributed by atoms with van der Waals surface area (Å²) in [5, 5.41) is 0. The van der Waals surface area contributed by atoms with E-state index < -0.39 is 5.54 Å². The lowest BCUT2D eigenvalue weighted by Crippen LogP contribution is -2.67. The largest absolute Gasteiger partial charge is 0.352 e. The highest BCUT2D eigenvalue weighted by molar-refractivity contribution is 5.42. The molecular weight excluding hydrogens is 362 g/mol. The summed E-state index contributed by atoms with van der Waals surface area (Å²) in [5.41, 5.74) is 0.482. The highest BCUT2D eigenvalue weighted by Crippen LogP contribution is 2.63. The van der Waals surface area contributed by atoms with Gasteiger partial charge in [-0.1, -0.05) is 78.0 Å². The minimum atomic E-state index is -0.569. The summed E-state index contributed by atoms with van der Waals surface area (Å²) in [6.45, 7) is 13.2. The number of allylic oxidation sites excluding steroid dienone is 4. The third-order valence-corrected chi connectivity index (χ3v) is 7.19. The molecule has 6 rings (SSSR count). The third-order valence-electron chi connectivity index (χ3n) is 7.19. The zero-order chi connectivity index (χ0) is 20.9. The SMILES string of the molecule is CC(C)(C)C1=C[C@]2(C(C)(C)C)[C@@H]3C=C[C@@H]3[C@@H]1n1c(=O)n(-c3ccccc3)c(=O)n12. The molecule has 4 aliphatic rings. The second-order valence-electron chi connectivity index (χ2n) is 10.8. The van der Waals surface area contributed by atoms with Crippen molar-refractivity contribution in [2.24, 2.45) is 22.7 Å². The van der Waals surface area contributed by atoms with Crippen LogP contribution >= 0.6 is 0 Å². The predicted molar refractivity (Wildman–Crippen MR) is 114 cm³/mol. The van der Waals surface area contributed by atoms with Gasteiger partial charge in [0.05, 0.1) is 17.3 Å².